The van der Waals surface area contributed by atoms with E-state index in [0.717, 1.165) is 60.1 Å². The summed E-state index contributed by atoms with van der Waals surface area (Å²) in [7, 11) is 0. The van der Waals surface area contributed by atoms with Crippen molar-refractivity contribution in [2.24, 2.45) is 5.73 Å². The van der Waals surface area contributed by atoms with E-state index in [1.807, 2.05) is 36.4 Å². The number of benzene rings is 2. The molecule has 0 bridgehead atoms. The highest BCUT2D eigenvalue weighted by Crippen LogP contribution is 2.38. The second-order valence-corrected chi connectivity index (χ2v) is 7.82. The van der Waals surface area contributed by atoms with Crippen LogP contribution in [-0.4, -0.2) is 30.3 Å². The van der Waals surface area contributed by atoms with E-state index >= 15 is 0 Å². The molecule has 4 rings (SSSR count). The van der Waals surface area contributed by atoms with Crippen LogP contribution in [0.15, 0.2) is 53.4 Å². The largest absolute Gasteiger partial charge is 0.369 e. The van der Waals surface area contributed by atoms with Gasteiger partial charge in [0.05, 0.1) is 10.6 Å². The molecule has 2 saturated heterocycles. The molecule has 3 N–H and O–H groups in total. The summed E-state index contributed by atoms with van der Waals surface area (Å²) < 4.78 is 0. The maximum atomic E-state index is 12.0. The van der Waals surface area contributed by atoms with Crippen LogP contribution in [0, 0.1) is 0 Å². The Balaban J connectivity index is 1.84. The molecular weight excluding hydrogens is 358 g/mol. The summed E-state index contributed by atoms with van der Waals surface area (Å²) in [6.07, 6.45) is 3.87. The maximum absolute atomic E-state index is 12.0. The number of hydrogen-bond acceptors (Lipinski definition) is 5. The first-order valence-electron chi connectivity index (χ1n) is 9.05. The van der Waals surface area contributed by atoms with Crippen LogP contribution in [-0.2, 0) is 4.79 Å². The fourth-order valence-corrected chi connectivity index (χ4v) is 4.33. The van der Waals surface area contributed by atoms with E-state index in [-0.39, 0.29) is 17.2 Å². The molecule has 0 spiro atoms. The zero-order valence-corrected chi connectivity index (χ0v) is 15.7. The number of para-hydroxylation sites is 1. The van der Waals surface area contributed by atoms with Crippen LogP contribution in [0.5, 0.6) is 0 Å². The van der Waals surface area contributed by atoms with Gasteiger partial charge in [0.1, 0.15) is 0 Å². The van der Waals surface area contributed by atoms with Gasteiger partial charge in [0, 0.05) is 24.7 Å². The lowest BCUT2D eigenvalue weighted by Gasteiger charge is -2.35. The topological polar surface area (TPSA) is 75.4 Å². The first-order chi connectivity index (χ1) is 13.1. The Hall–Kier alpha value is -2.57. The van der Waals surface area contributed by atoms with Crippen molar-refractivity contribution < 1.29 is 9.59 Å². The molecule has 2 aliphatic heterocycles. The fourth-order valence-electron chi connectivity index (χ4n) is 3.66. The Labute approximate surface area is 162 Å². The van der Waals surface area contributed by atoms with Gasteiger partial charge in [-0.2, -0.15) is 0 Å². The Kier molecular flexibility index (Phi) is 5.01. The molecule has 2 aromatic rings. The standard InChI is InChI=1S/C21H21N3O2S/c22-16-9-5-11-24(13-16)19-15(12-18-20(25)23-21(26)27-18)8-4-10-17(19)14-6-2-1-3-7-14/h1-4,6-8,10,12,16H,5,9,11,13,22H2,(H,23,25,26)/b18-12+/t16-/m0/s1. The number of nitrogens with two attached hydrogens (primary N) is 1. The Bertz CT molecular complexity index is 911. The predicted molar refractivity (Wildman–Crippen MR) is 110 cm³/mol. The van der Waals surface area contributed by atoms with E-state index in [0.29, 0.717) is 4.91 Å². The minimum Gasteiger partial charge on any atom is -0.369 e. The summed E-state index contributed by atoms with van der Waals surface area (Å²) in [6, 6.07) is 16.4. The van der Waals surface area contributed by atoms with Crippen LogP contribution >= 0.6 is 11.8 Å². The van der Waals surface area contributed by atoms with Crippen molar-refractivity contribution in [3.8, 4) is 11.1 Å². The quantitative estimate of drug-likeness (QED) is 0.797. The Morgan fingerprint density at radius 2 is 1.93 bits per heavy atom. The lowest BCUT2D eigenvalue weighted by Crippen LogP contribution is -2.43. The molecule has 6 heteroatoms. The Morgan fingerprint density at radius 1 is 1.11 bits per heavy atom. The van der Waals surface area contributed by atoms with Gasteiger partial charge in [-0.3, -0.25) is 14.9 Å². The number of imide groups is 1. The van der Waals surface area contributed by atoms with Gasteiger partial charge in [0.2, 0.25) is 0 Å². The second-order valence-electron chi connectivity index (χ2n) is 6.81. The van der Waals surface area contributed by atoms with E-state index < -0.39 is 0 Å². The van der Waals surface area contributed by atoms with Crippen LogP contribution in [0.2, 0.25) is 0 Å². The molecule has 1 atom stereocenters. The van der Waals surface area contributed by atoms with E-state index in [1.54, 1.807) is 0 Å². The van der Waals surface area contributed by atoms with Crippen molar-refractivity contribution >= 4 is 34.7 Å². The van der Waals surface area contributed by atoms with Crippen LogP contribution in [0.3, 0.4) is 0 Å². The molecule has 0 aliphatic carbocycles. The van der Waals surface area contributed by atoms with Gasteiger partial charge in [-0.1, -0.05) is 48.5 Å². The lowest BCUT2D eigenvalue weighted by molar-refractivity contribution is -0.115. The second kappa shape index (κ2) is 7.58. The van der Waals surface area contributed by atoms with Gasteiger partial charge >= 0.3 is 0 Å². The summed E-state index contributed by atoms with van der Waals surface area (Å²) in [4.78, 5) is 26.3. The molecule has 2 aromatic carbocycles. The molecule has 2 amide bonds. The third-order valence-electron chi connectivity index (χ3n) is 4.85. The SMILES string of the molecule is N[C@H]1CCCN(c2c(/C=C3/SC(=O)NC3=O)cccc2-c2ccccc2)C1. The van der Waals surface area contributed by atoms with Crippen molar-refractivity contribution in [3.63, 3.8) is 0 Å². The number of amides is 2. The molecule has 2 heterocycles. The van der Waals surface area contributed by atoms with E-state index in [2.05, 4.69) is 28.4 Å². The number of hydrogen-bond donors (Lipinski definition) is 2. The summed E-state index contributed by atoms with van der Waals surface area (Å²) in [5.74, 6) is -0.337. The van der Waals surface area contributed by atoms with Crippen molar-refractivity contribution in [1.29, 1.82) is 0 Å². The predicted octanol–water partition coefficient (Wildman–Crippen LogP) is 3.61. The number of anilines is 1. The van der Waals surface area contributed by atoms with Crippen LogP contribution in [0.4, 0.5) is 10.5 Å². The number of piperidine rings is 1. The number of rotatable bonds is 3. The van der Waals surface area contributed by atoms with Gasteiger partial charge in [-0.15, -0.1) is 0 Å². The normalized spacial score (nSPS) is 21.6. The van der Waals surface area contributed by atoms with E-state index in [1.165, 1.54) is 0 Å². The minimum atomic E-state index is -0.337. The minimum absolute atomic E-state index is 0.133. The highest BCUT2D eigenvalue weighted by molar-refractivity contribution is 8.18. The highest BCUT2D eigenvalue weighted by Gasteiger charge is 2.27. The van der Waals surface area contributed by atoms with Gasteiger partial charge in [-0.25, -0.2) is 0 Å². The van der Waals surface area contributed by atoms with Gasteiger partial charge < -0.3 is 10.6 Å². The first-order valence-corrected chi connectivity index (χ1v) is 9.87. The molecule has 2 fully saturated rings. The molecule has 5 nitrogen and oxygen atoms in total. The Morgan fingerprint density at radius 3 is 2.63 bits per heavy atom. The molecule has 0 unspecified atom stereocenters. The molecule has 0 saturated carbocycles. The van der Waals surface area contributed by atoms with Gasteiger partial charge in [-0.05, 0) is 41.8 Å². The van der Waals surface area contributed by atoms with Crippen LogP contribution in [0.25, 0.3) is 17.2 Å². The summed E-state index contributed by atoms with van der Waals surface area (Å²) in [5, 5.41) is 2.00. The summed E-state index contributed by atoms with van der Waals surface area (Å²) in [5.41, 5.74) is 10.5. The average molecular weight is 379 g/mol. The summed E-state index contributed by atoms with van der Waals surface area (Å²) >= 11 is 0.944. The zero-order chi connectivity index (χ0) is 18.8. The van der Waals surface area contributed by atoms with E-state index in [9.17, 15) is 9.59 Å². The smallest absolute Gasteiger partial charge is 0.290 e. The molecule has 138 valence electrons. The summed E-state index contributed by atoms with van der Waals surface area (Å²) in [6.45, 7) is 1.70. The molecular formula is C21H21N3O2S. The van der Waals surface area contributed by atoms with Gasteiger partial charge in [0.25, 0.3) is 11.1 Å². The van der Waals surface area contributed by atoms with Crippen LogP contribution < -0.4 is 16.0 Å². The van der Waals surface area contributed by atoms with Crippen molar-refractivity contribution in [2.45, 2.75) is 18.9 Å². The number of nitrogens with zero attached hydrogens (tertiary/aromatic N) is 1. The average Bonchev–Trinajstić information content (AvgIpc) is 2.99. The molecule has 0 aromatic heterocycles. The number of carbonyl (C=O) groups is 2. The molecule has 27 heavy (non-hydrogen) atoms. The monoisotopic (exact) mass is 379 g/mol. The maximum Gasteiger partial charge on any atom is 0.290 e. The number of thioether (sulfide) groups is 1. The highest BCUT2D eigenvalue weighted by atomic mass is 32.2. The fraction of sp³-hybridized carbons (Fsp3) is 0.238. The van der Waals surface area contributed by atoms with Crippen molar-refractivity contribution in [2.75, 3.05) is 18.0 Å². The van der Waals surface area contributed by atoms with E-state index in [4.69, 9.17) is 5.73 Å². The molecule has 0 radical (unpaired) electrons. The van der Waals surface area contributed by atoms with Crippen LogP contribution in [0.1, 0.15) is 18.4 Å². The zero-order valence-electron chi connectivity index (χ0n) is 14.9. The first kappa shape index (κ1) is 17.8. The number of nitrogens with one attached hydrogen (secondary N) is 1. The van der Waals surface area contributed by atoms with Crippen molar-refractivity contribution in [3.05, 3.63) is 59.0 Å². The van der Waals surface area contributed by atoms with Gasteiger partial charge in [0.15, 0.2) is 0 Å². The molecule has 2 aliphatic rings. The number of carbonyl (C=O) groups excluding carboxylic acids is 2. The third kappa shape index (κ3) is 3.77. The van der Waals surface area contributed by atoms with Crippen molar-refractivity contribution in [1.82, 2.24) is 5.32 Å². The lowest BCUT2D eigenvalue weighted by atomic mass is 9.96. The third-order valence-corrected chi connectivity index (χ3v) is 5.67.